The first kappa shape index (κ1) is 11.9. The van der Waals surface area contributed by atoms with E-state index < -0.39 is 0 Å². The van der Waals surface area contributed by atoms with Crippen LogP contribution in [-0.2, 0) is 16.1 Å². The average molecular weight is 250 g/mol. The van der Waals surface area contributed by atoms with Crippen molar-refractivity contribution in [1.82, 2.24) is 10.6 Å². The largest absolute Gasteiger partial charge is 0.464 e. The summed E-state index contributed by atoms with van der Waals surface area (Å²) in [5.74, 6) is -0.228. The molecule has 0 aromatic heterocycles. The van der Waals surface area contributed by atoms with E-state index in [4.69, 9.17) is 17.0 Å². The van der Waals surface area contributed by atoms with Crippen LogP contribution in [0.4, 0.5) is 0 Å². The third-order valence-corrected chi connectivity index (χ3v) is 2.80. The van der Waals surface area contributed by atoms with E-state index in [-0.39, 0.29) is 12.0 Å². The Morgan fingerprint density at radius 1 is 1.41 bits per heavy atom. The van der Waals surface area contributed by atoms with E-state index in [1.54, 1.807) is 0 Å². The Bertz CT molecular complexity index is 408. The van der Waals surface area contributed by atoms with Gasteiger partial charge in [-0.1, -0.05) is 30.3 Å². The zero-order chi connectivity index (χ0) is 12.1. The molecule has 1 aliphatic rings. The Kier molecular flexibility index (Phi) is 3.93. The van der Waals surface area contributed by atoms with Crippen molar-refractivity contribution < 1.29 is 9.53 Å². The Morgan fingerprint density at radius 2 is 2.18 bits per heavy atom. The summed E-state index contributed by atoms with van der Waals surface area (Å²) in [5.41, 5.74) is 1.14. The first-order valence-electron chi connectivity index (χ1n) is 5.50. The number of hydrogen-bond acceptors (Lipinski definition) is 3. The van der Waals surface area contributed by atoms with Gasteiger partial charge in [0.1, 0.15) is 6.04 Å². The lowest BCUT2D eigenvalue weighted by atomic mass is 10.2. The minimum atomic E-state index is -0.300. The molecule has 1 heterocycles. The molecule has 1 aliphatic heterocycles. The van der Waals surface area contributed by atoms with E-state index in [2.05, 4.69) is 10.6 Å². The molecule has 2 N–H and O–H groups in total. The molecule has 4 nitrogen and oxygen atoms in total. The highest BCUT2D eigenvalue weighted by Crippen LogP contribution is 2.05. The molecule has 17 heavy (non-hydrogen) atoms. The van der Waals surface area contributed by atoms with Gasteiger partial charge < -0.3 is 15.4 Å². The molecule has 90 valence electrons. The van der Waals surface area contributed by atoms with Gasteiger partial charge in [0, 0.05) is 13.0 Å². The number of carbonyl (C=O) groups is 1. The molecule has 0 radical (unpaired) electrons. The van der Waals surface area contributed by atoms with Crippen LogP contribution in [0.15, 0.2) is 30.3 Å². The van der Waals surface area contributed by atoms with E-state index in [1.165, 1.54) is 0 Å². The monoisotopic (exact) mass is 250 g/mol. The van der Waals surface area contributed by atoms with E-state index in [0.717, 1.165) is 5.56 Å². The molecule has 1 aromatic carbocycles. The number of ether oxygens (including phenoxy) is 1. The van der Waals surface area contributed by atoms with Crippen molar-refractivity contribution in [2.45, 2.75) is 19.0 Å². The van der Waals surface area contributed by atoms with Crippen LogP contribution in [0, 0.1) is 0 Å². The third-order valence-electron chi connectivity index (χ3n) is 2.54. The lowest BCUT2D eigenvalue weighted by Gasteiger charge is -2.13. The molecule has 0 spiro atoms. The van der Waals surface area contributed by atoms with Gasteiger partial charge in [0.05, 0.1) is 6.61 Å². The quantitative estimate of drug-likeness (QED) is 0.618. The number of carbonyl (C=O) groups excluding carboxylic acids is 1. The summed E-state index contributed by atoms with van der Waals surface area (Å²) < 4.78 is 4.84. The van der Waals surface area contributed by atoms with Gasteiger partial charge in [-0.05, 0) is 17.8 Å². The maximum Gasteiger partial charge on any atom is 0.328 e. The topological polar surface area (TPSA) is 50.4 Å². The number of esters is 1. The van der Waals surface area contributed by atoms with Gasteiger partial charge in [0.15, 0.2) is 5.11 Å². The Labute approximate surface area is 105 Å². The standard InChI is InChI=1S/C12H14N2O2S/c15-11-10(6-7-16-11)14-12(17)13-8-9-4-2-1-3-5-9/h1-5,10H,6-8H2,(H2,13,14,17)/t10-/m0/s1. The van der Waals surface area contributed by atoms with Crippen molar-refractivity contribution in [3.63, 3.8) is 0 Å². The summed E-state index contributed by atoms with van der Waals surface area (Å²) in [6.07, 6.45) is 0.673. The Hall–Kier alpha value is -1.62. The Balaban J connectivity index is 1.76. The second-order valence-electron chi connectivity index (χ2n) is 3.82. The fraction of sp³-hybridized carbons (Fsp3) is 0.333. The second kappa shape index (κ2) is 5.63. The molecule has 1 aromatic rings. The van der Waals surface area contributed by atoms with Crippen LogP contribution in [0.25, 0.3) is 0 Å². The van der Waals surface area contributed by atoms with Crippen LogP contribution in [0.5, 0.6) is 0 Å². The van der Waals surface area contributed by atoms with Crippen LogP contribution in [0.1, 0.15) is 12.0 Å². The normalized spacial score (nSPS) is 18.6. The van der Waals surface area contributed by atoms with Crippen LogP contribution >= 0.6 is 12.2 Å². The van der Waals surface area contributed by atoms with Crippen molar-refractivity contribution in [3.05, 3.63) is 35.9 Å². The number of nitrogens with one attached hydrogen (secondary N) is 2. The predicted molar refractivity (Wildman–Crippen MR) is 68.4 cm³/mol. The molecule has 0 amide bonds. The molecule has 5 heteroatoms. The lowest BCUT2D eigenvalue weighted by molar-refractivity contribution is -0.139. The lowest BCUT2D eigenvalue weighted by Crippen LogP contribution is -2.43. The first-order valence-corrected chi connectivity index (χ1v) is 5.91. The summed E-state index contributed by atoms with van der Waals surface area (Å²) in [6, 6.07) is 9.64. The highest BCUT2D eigenvalue weighted by molar-refractivity contribution is 7.80. The fourth-order valence-electron chi connectivity index (χ4n) is 1.61. The molecule has 2 rings (SSSR count). The summed E-state index contributed by atoms with van der Waals surface area (Å²) >= 11 is 5.11. The van der Waals surface area contributed by atoms with Crippen LogP contribution in [0.3, 0.4) is 0 Å². The van der Waals surface area contributed by atoms with E-state index in [9.17, 15) is 4.79 Å². The fourth-order valence-corrected chi connectivity index (χ4v) is 1.83. The molecule has 0 saturated carbocycles. The molecular formula is C12H14N2O2S. The predicted octanol–water partition coefficient (Wildman–Crippen LogP) is 0.966. The van der Waals surface area contributed by atoms with Gasteiger partial charge in [-0.3, -0.25) is 0 Å². The molecule has 0 aliphatic carbocycles. The molecular weight excluding hydrogens is 236 g/mol. The highest BCUT2D eigenvalue weighted by atomic mass is 32.1. The summed E-state index contributed by atoms with van der Waals surface area (Å²) in [6.45, 7) is 1.12. The third kappa shape index (κ3) is 3.42. The average Bonchev–Trinajstić information content (AvgIpc) is 2.74. The van der Waals surface area contributed by atoms with Gasteiger partial charge in [-0.2, -0.15) is 0 Å². The number of benzene rings is 1. The SMILES string of the molecule is O=C1OCC[C@@H]1NC(=S)NCc1ccccc1. The van der Waals surface area contributed by atoms with E-state index in [1.807, 2.05) is 30.3 Å². The van der Waals surface area contributed by atoms with E-state index in [0.29, 0.717) is 24.7 Å². The zero-order valence-electron chi connectivity index (χ0n) is 9.31. The zero-order valence-corrected chi connectivity index (χ0v) is 10.1. The number of rotatable bonds is 3. The highest BCUT2D eigenvalue weighted by Gasteiger charge is 2.26. The van der Waals surface area contributed by atoms with Crippen LogP contribution < -0.4 is 10.6 Å². The minimum Gasteiger partial charge on any atom is -0.464 e. The molecule has 0 unspecified atom stereocenters. The molecule has 1 fully saturated rings. The summed E-state index contributed by atoms with van der Waals surface area (Å²) in [7, 11) is 0. The maximum atomic E-state index is 11.2. The van der Waals surface area contributed by atoms with Crippen molar-refractivity contribution in [1.29, 1.82) is 0 Å². The minimum absolute atomic E-state index is 0.228. The van der Waals surface area contributed by atoms with Gasteiger partial charge in [0.2, 0.25) is 0 Å². The molecule has 1 atom stereocenters. The number of thiocarbonyl (C=S) groups is 1. The first-order chi connectivity index (χ1) is 8.25. The second-order valence-corrected chi connectivity index (χ2v) is 4.23. The van der Waals surface area contributed by atoms with Crippen molar-refractivity contribution in [2.24, 2.45) is 0 Å². The van der Waals surface area contributed by atoms with Crippen molar-refractivity contribution in [3.8, 4) is 0 Å². The smallest absolute Gasteiger partial charge is 0.328 e. The number of cyclic esters (lactones) is 1. The van der Waals surface area contributed by atoms with E-state index >= 15 is 0 Å². The summed E-state index contributed by atoms with van der Waals surface area (Å²) in [5, 5.41) is 6.49. The van der Waals surface area contributed by atoms with Crippen molar-refractivity contribution >= 4 is 23.3 Å². The summed E-state index contributed by atoms with van der Waals surface area (Å²) in [4.78, 5) is 11.2. The van der Waals surface area contributed by atoms with Gasteiger partial charge in [-0.25, -0.2) is 4.79 Å². The van der Waals surface area contributed by atoms with Crippen LogP contribution in [-0.4, -0.2) is 23.7 Å². The van der Waals surface area contributed by atoms with Gasteiger partial charge >= 0.3 is 5.97 Å². The number of hydrogen-bond donors (Lipinski definition) is 2. The molecule has 1 saturated heterocycles. The maximum absolute atomic E-state index is 11.2. The van der Waals surface area contributed by atoms with Crippen molar-refractivity contribution in [2.75, 3.05) is 6.61 Å². The van der Waals surface area contributed by atoms with Gasteiger partial charge in [0.25, 0.3) is 0 Å². The van der Waals surface area contributed by atoms with Crippen LogP contribution in [0.2, 0.25) is 0 Å². The van der Waals surface area contributed by atoms with Gasteiger partial charge in [-0.15, -0.1) is 0 Å². The Morgan fingerprint density at radius 3 is 2.82 bits per heavy atom. The molecule has 0 bridgehead atoms.